The van der Waals surface area contributed by atoms with E-state index >= 15 is 4.39 Å². The number of ether oxygens (including phenoxy) is 1. The minimum atomic E-state index is -4.83. The van der Waals surface area contributed by atoms with Crippen molar-refractivity contribution < 1.29 is 60.4 Å². The van der Waals surface area contributed by atoms with E-state index in [0.717, 1.165) is 23.8 Å². The van der Waals surface area contributed by atoms with Gasteiger partial charge in [0.1, 0.15) is 5.82 Å². The Bertz CT molecular complexity index is 1950. The van der Waals surface area contributed by atoms with E-state index < -0.39 is 87.7 Å². The number of carbonyl (C=O) groups is 4. The summed E-state index contributed by atoms with van der Waals surface area (Å²) >= 11 is 0. The summed E-state index contributed by atoms with van der Waals surface area (Å²) in [5, 5.41) is 2.48. The van der Waals surface area contributed by atoms with Crippen LogP contribution >= 0.6 is 7.82 Å². The van der Waals surface area contributed by atoms with Gasteiger partial charge in [0.05, 0.1) is 23.6 Å². The van der Waals surface area contributed by atoms with E-state index in [1.54, 1.807) is 30.3 Å². The van der Waals surface area contributed by atoms with Crippen LogP contribution in [0.3, 0.4) is 0 Å². The number of benzodiazepines with no additional fused rings is 1. The summed E-state index contributed by atoms with van der Waals surface area (Å²) in [7, 11) is -4.83. The molecule has 3 amide bonds. The number of primary amides is 1. The average molecular weight is 777 g/mol. The minimum absolute atomic E-state index is 0.0494. The number of esters is 1. The maximum Gasteiger partial charge on any atom is 0.469 e. The highest BCUT2D eigenvalue weighted by Gasteiger charge is 2.41. The molecule has 0 bridgehead atoms. The number of halogens is 4. The molecule has 0 radical (unpaired) electrons. The molecule has 0 spiro atoms. The van der Waals surface area contributed by atoms with Gasteiger partial charge in [-0.3, -0.25) is 23.8 Å². The third-order valence-electron chi connectivity index (χ3n) is 8.93. The van der Waals surface area contributed by atoms with E-state index in [9.17, 15) is 36.9 Å². The summed E-state index contributed by atoms with van der Waals surface area (Å²) in [5.74, 6) is -7.31. The first-order valence-corrected chi connectivity index (χ1v) is 18.4. The van der Waals surface area contributed by atoms with E-state index in [0.29, 0.717) is 5.56 Å². The zero-order valence-electron chi connectivity index (χ0n) is 28.6. The number of hydrogen-bond donors (Lipinski definition) is 4. The summed E-state index contributed by atoms with van der Waals surface area (Å²) in [6.07, 6.45) is -6.79. The van der Waals surface area contributed by atoms with Gasteiger partial charge in [-0.15, -0.1) is 0 Å². The molecule has 0 unspecified atom stereocenters. The minimum Gasteiger partial charge on any atom is -0.440 e. The van der Waals surface area contributed by atoms with Gasteiger partial charge in [-0.25, -0.2) is 18.7 Å². The summed E-state index contributed by atoms with van der Waals surface area (Å²) in [6, 6.07) is 17.5. The number of anilines is 1. The van der Waals surface area contributed by atoms with Crippen LogP contribution in [0.25, 0.3) is 0 Å². The Morgan fingerprint density at radius 3 is 2.37 bits per heavy atom. The van der Waals surface area contributed by atoms with Crippen molar-refractivity contribution in [1.82, 2.24) is 5.32 Å². The number of rotatable bonds is 16. The van der Waals surface area contributed by atoms with Crippen LogP contribution in [0.4, 0.5) is 23.2 Å². The van der Waals surface area contributed by atoms with Crippen molar-refractivity contribution in [2.75, 3.05) is 11.6 Å². The van der Waals surface area contributed by atoms with Crippen molar-refractivity contribution in [1.29, 1.82) is 0 Å². The first kappa shape index (κ1) is 40.2. The molecule has 54 heavy (non-hydrogen) atoms. The number of alkyl halides is 3. The largest absolute Gasteiger partial charge is 0.469 e. The molecule has 288 valence electrons. The van der Waals surface area contributed by atoms with Gasteiger partial charge in [-0.1, -0.05) is 67.4 Å². The predicted octanol–water partition coefficient (Wildman–Crippen LogP) is 5.13. The molecule has 2 aliphatic rings. The number of amides is 3. The van der Waals surface area contributed by atoms with Crippen molar-refractivity contribution in [2.24, 2.45) is 28.5 Å². The van der Waals surface area contributed by atoms with Crippen molar-refractivity contribution >= 4 is 42.9 Å². The standard InChI is InChI=1S/C36H37F4N4O9P/c37-28-13-5-11-26-29(23-8-2-1-3-9-23)42-32(43-33(46)25(12-6-16-36(38,39)40)27(31(41)45)18-21-14-15-21)34(47)44(30(26)28)20-52-35(48)24-10-4-7-22(17-24)19-53-54(49,50)51/h1-5,7-11,13,17,21,25,27,32H,6,12,14-16,18-20H2,(H2,41,45)(H,43,46)(H2,49,50,51)/t25-,27+,32-/m1/s1. The highest BCUT2D eigenvalue weighted by atomic mass is 31.2. The molecular formula is C36H37F4N4O9P. The number of hydrogen-bond acceptors (Lipinski definition) is 8. The van der Waals surface area contributed by atoms with E-state index in [1.807, 2.05) is 0 Å². The number of fused-ring (bicyclic) bond motifs is 1. The van der Waals surface area contributed by atoms with Gasteiger partial charge in [-0.2, -0.15) is 13.2 Å². The number of aliphatic imine (C=N–C) groups is 1. The Morgan fingerprint density at radius 1 is 1.02 bits per heavy atom. The number of benzene rings is 3. The molecule has 1 heterocycles. The highest BCUT2D eigenvalue weighted by Crippen LogP contribution is 2.40. The molecule has 13 nitrogen and oxygen atoms in total. The number of phosphoric acid groups is 1. The number of nitrogens with two attached hydrogens (primary N) is 1. The average Bonchev–Trinajstić information content (AvgIpc) is 3.95. The first-order valence-electron chi connectivity index (χ1n) is 16.9. The molecular weight excluding hydrogens is 739 g/mol. The molecule has 3 aromatic carbocycles. The molecule has 3 aromatic rings. The van der Waals surface area contributed by atoms with Crippen LogP contribution in [0.1, 0.15) is 65.6 Å². The molecule has 1 aliphatic carbocycles. The molecule has 18 heteroatoms. The zero-order valence-corrected chi connectivity index (χ0v) is 29.5. The lowest BCUT2D eigenvalue weighted by Crippen LogP contribution is -2.51. The van der Waals surface area contributed by atoms with Crippen LogP contribution in [0.5, 0.6) is 0 Å². The smallest absolute Gasteiger partial charge is 0.440 e. The number of para-hydroxylation sites is 1. The van der Waals surface area contributed by atoms with E-state index in [2.05, 4.69) is 14.8 Å². The lowest BCUT2D eigenvalue weighted by atomic mass is 9.82. The molecule has 1 aliphatic heterocycles. The van der Waals surface area contributed by atoms with Gasteiger partial charge in [0.15, 0.2) is 6.73 Å². The van der Waals surface area contributed by atoms with Crippen molar-refractivity contribution in [3.05, 3.63) is 101 Å². The lowest BCUT2D eigenvalue weighted by molar-refractivity contribution is -0.140. The Kier molecular flexibility index (Phi) is 12.7. The van der Waals surface area contributed by atoms with Crippen LogP contribution in [0.15, 0.2) is 77.8 Å². The zero-order chi connectivity index (χ0) is 39.2. The predicted molar refractivity (Wildman–Crippen MR) is 185 cm³/mol. The second-order valence-electron chi connectivity index (χ2n) is 13.0. The molecule has 3 atom stereocenters. The molecule has 1 fully saturated rings. The van der Waals surface area contributed by atoms with Gasteiger partial charge in [-0.05, 0) is 48.9 Å². The van der Waals surface area contributed by atoms with Gasteiger partial charge in [0.25, 0.3) is 5.91 Å². The maximum atomic E-state index is 15.8. The first-order chi connectivity index (χ1) is 25.5. The van der Waals surface area contributed by atoms with E-state index in [4.69, 9.17) is 20.3 Å². The molecule has 5 N–H and O–H groups in total. The fraction of sp³-hybridized carbons (Fsp3) is 0.361. The Balaban J connectivity index is 1.49. The molecule has 1 saturated carbocycles. The van der Waals surface area contributed by atoms with Gasteiger partial charge in [0, 0.05) is 29.4 Å². The summed E-state index contributed by atoms with van der Waals surface area (Å²) in [6.45, 7) is -1.47. The SMILES string of the molecule is NC(=O)[C@@H](CC1CC1)[C@@H](CCCC(F)(F)F)C(=O)N[C@H]1N=C(c2ccccc2)c2cccc(F)c2N(COC(=O)c2cccc(COP(=O)(O)O)c2)C1=O. The van der Waals surface area contributed by atoms with Crippen LogP contribution < -0.4 is 16.0 Å². The second-order valence-corrected chi connectivity index (χ2v) is 14.2. The summed E-state index contributed by atoms with van der Waals surface area (Å²) < 4.78 is 76.3. The number of nitrogens with zero attached hydrogens (tertiary/aromatic N) is 2. The third kappa shape index (κ3) is 10.8. The van der Waals surface area contributed by atoms with Crippen LogP contribution in [-0.2, 0) is 34.8 Å². The Morgan fingerprint density at radius 2 is 1.72 bits per heavy atom. The van der Waals surface area contributed by atoms with Crippen molar-refractivity contribution in [3.63, 3.8) is 0 Å². The van der Waals surface area contributed by atoms with Gasteiger partial charge >= 0.3 is 20.0 Å². The lowest BCUT2D eigenvalue weighted by Gasteiger charge is -2.28. The van der Waals surface area contributed by atoms with Crippen molar-refractivity contribution in [2.45, 2.75) is 57.5 Å². The fourth-order valence-corrected chi connectivity index (χ4v) is 6.48. The fourth-order valence-electron chi connectivity index (χ4n) is 6.16. The third-order valence-corrected chi connectivity index (χ3v) is 9.40. The maximum absolute atomic E-state index is 15.8. The highest BCUT2D eigenvalue weighted by molar-refractivity contribution is 7.46. The van der Waals surface area contributed by atoms with Crippen molar-refractivity contribution in [3.8, 4) is 0 Å². The van der Waals surface area contributed by atoms with Crippen LogP contribution in [0, 0.1) is 23.6 Å². The summed E-state index contributed by atoms with van der Waals surface area (Å²) in [5.41, 5.74) is 5.92. The number of phosphoric ester groups is 1. The Hall–Kier alpha value is -4.96. The monoisotopic (exact) mass is 776 g/mol. The van der Waals surface area contributed by atoms with Gasteiger partial charge in [0.2, 0.25) is 18.0 Å². The quantitative estimate of drug-likeness (QED) is 0.0866. The number of carbonyl (C=O) groups excluding carboxylic acids is 4. The van der Waals surface area contributed by atoms with Crippen LogP contribution in [-0.4, -0.2) is 58.3 Å². The van der Waals surface area contributed by atoms with Gasteiger partial charge < -0.3 is 25.6 Å². The molecule has 5 rings (SSSR count). The van der Waals surface area contributed by atoms with Crippen LogP contribution in [0.2, 0.25) is 0 Å². The summed E-state index contributed by atoms with van der Waals surface area (Å²) in [4.78, 5) is 77.5. The Labute approximate surface area is 306 Å². The topological polar surface area (TPSA) is 198 Å². The molecule has 0 aromatic heterocycles. The van der Waals surface area contributed by atoms with E-state index in [-0.39, 0.29) is 46.8 Å². The second kappa shape index (κ2) is 17.0. The number of nitrogens with one attached hydrogen (secondary N) is 1. The normalized spacial score (nSPS) is 17.1. The molecule has 0 saturated heterocycles. The van der Waals surface area contributed by atoms with E-state index in [1.165, 1.54) is 36.4 Å².